The van der Waals surface area contributed by atoms with Gasteiger partial charge in [-0.15, -0.1) is 0 Å². The summed E-state index contributed by atoms with van der Waals surface area (Å²) in [5.74, 6) is 0.0960. The van der Waals surface area contributed by atoms with Crippen molar-refractivity contribution >= 4 is 5.91 Å². The average molecular weight is 323 g/mol. The lowest BCUT2D eigenvalue weighted by Gasteiger charge is -2.40. The molecule has 3 fully saturated rings. The van der Waals surface area contributed by atoms with E-state index in [1.165, 1.54) is 45.1 Å². The van der Waals surface area contributed by atoms with Gasteiger partial charge in [0.05, 0.1) is 6.61 Å². The van der Waals surface area contributed by atoms with E-state index >= 15 is 0 Å². The number of ether oxygens (including phenoxy) is 1. The number of rotatable bonds is 4. The van der Waals surface area contributed by atoms with Crippen LogP contribution in [0.4, 0.5) is 0 Å². The van der Waals surface area contributed by atoms with Crippen molar-refractivity contribution in [2.24, 2.45) is 0 Å². The summed E-state index contributed by atoms with van der Waals surface area (Å²) in [6.45, 7) is 7.72. The molecule has 23 heavy (non-hydrogen) atoms. The highest BCUT2D eigenvalue weighted by Crippen LogP contribution is 2.25. The van der Waals surface area contributed by atoms with Gasteiger partial charge in [0.2, 0.25) is 0 Å². The van der Waals surface area contributed by atoms with Gasteiger partial charge < -0.3 is 10.1 Å². The standard InChI is InChI=1S/C18H33N3O2/c1-2-20-11-12-23-17(14-20)18(22)19-15-7-6-10-21(13-15)16-8-4-3-5-9-16/h15-17H,2-14H2,1H3,(H,19,22)/t15-,17+/m0/s1. The van der Waals surface area contributed by atoms with Gasteiger partial charge in [-0.05, 0) is 38.8 Å². The van der Waals surface area contributed by atoms with Gasteiger partial charge in [-0.1, -0.05) is 26.2 Å². The van der Waals surface area contributed by atoms with E-state index in [9.17, 15) is 4.79 Å². The summed E-state index contributed by atoms with van der Waals surface area (Å²) >= 11 is 0. The quantitative estimate of drug-likeness (QED) is 0.854. The summed E-state index contributed by atoms with van der Waals surface area (Å²) in [6.07, 6.45) is 8.87. The zero-order valence-corrected chi connectivity index (χ0v) is 14.6. The van der Waals surface area contributed by atoms with Crippen LogP contribution >= 0.6 is 0 Å². The molecule has 2 atom stereocenters. The predicted molar refractivity (Wildman–Crippen MR) is 91.5 cm³/mol. The fourth-order valence-electron chi connectivity index (χ4n) is 4.34. The lowest BCUT2D eigenvalue weighted by Crippen LogP contribution is -2.56. The second-order valence-corrected chi connectivity index (χ2v) is 7.39. The maximum atomic E-state index is 12.5. The highest BCUT2D eigenvalue weighted by molar-refractivity contribution is 5.81. The molecule has 5 nitrogen and oxygen atoms in total. The molecule has 0 bridgehead atoms. The molecule has 2 saturated heterocycles. The topological polar surface area (TPSA) is 44.8 Å². The number of morpholine rings is 1. The molecule has 3 rings (SSSR count). The van der Waals surface area contributed by atoms with E-state index in [2.05, 4.69) is 22.0 Å². The van der Waals surface area contributed by atoms with E-state index in [0.717, 1.165) is 38.6 Å². The average Bonchev–Trinajstić information content (AvgIpc) is 2.63. The van der Waals surface area contributed by atoms with E-state index in [1.807, 2.05) is 0 Å². The minimum atomic E-state index is -0.284. The van der Waals surface area contributed by atoms with E-state index in [0.29, 0.717) is 12.6 Å². The number of amides is 1. The minimum Gasteiger partial charge on any atom is -0.366 e. The number of likely N-dealkylation sites (N-methyl/N-ethyl adjacent to an activating group) is 1. The Hall–Kier alpha value is -0.650. The molecule has 1 N–H and O–H groups in total. The van der Waals surface area contributed by atoms with Gasteiger partial charge in [-0.3, -0.25) is 14.6 Å². The minimum absolute atomic E-state index is 0.0960. The second kappa shape index (κ2) is 8.45. The van der Waals surface area contributed by atoms with Crippen LogP contribution < -0.4 is 5.32 Å². The molecule has 3 aliphatic rings. The van der Waals surface area contributed by atoms with Crippen LogP contribution in [-0.2, 0) is 9.53 Å². The Balaban J connectivity index is 1.47. The number of piperidine rings is 1. The van der Waals surface area contributed by atoms with E-state index < -0.39 is 0 Å². The molecular formula is C18H33N3O2. The largest absolute Gasteiger partial charge is 0.366 e. The van der Waals surface area contributed by atoms with Crippen LogP contribution in [0.3, 0.4) is 0 Å². The number of likely N-dealkylation sites (tertiary alicyclic amines) is 1. The van der Waals surface area contributed by atoms with Crippen molar-refractivity contribution in [2.45, 2.75) is 70.1 Å². The van der Waals surface area contributed by atoms with Crippen molar-refractivity contribution in [1.29, 1.82) is 0 Å². The zero-order valence-electron chi connectivity index (χ0n) is 14.6. The molecule has 0 aromatic rings. The smallest absolute Gasteiger partial charge is 0.250 e. The Morgan fingerprint density at radius 2 is 1.91 bits per heavy atom. The first-order valence-electron chi connectivity index (χ1n) is 9.64. The summed E-state index contributed by atoms with van der Waals surface area (Å²) in [5, 5.41) is 3.27. The third kappa shape index (κ3) is 4.68. The molecule has 0 aromatic heterocycles. The normalized spacial score (nSPS) is 31.9. The maximum absolute atomic E-state index is 12.5. The van der Waals surface area contributed by atoms with E-state index in [1.54, 1.807) is 0 Å². The third-order valence-electron chi connectivity index (χ3n) is 5.78. The molecule has 2 heterocycles. The van der Waals surface area contributed by atoms with Crippen LogP contribution in [0.2, 0.25) is 0 Å². The zero-order chi connectivity index (χ0) is 16.1. The van der Waals surface area contributed by atoms with Crippen LogP contribution in [0.5, 0.6) is 0 Å². The molecule has 0 unspecified atom stereocenters. The first kappa shape index (κ1) is 17.2. The van der Waals surface area contributed by atoms with Crippen LogP contribution in [-0.4, -0.2) is 73.2 Å². The van der Waals surface area contributed by atoms with Crippen molar-refractivity contribution in [3.05, 3.63) is 0 Å². The molecule has 1 amide bonds. The highest BCUT2D eigenvalue weighted by Gasteiger charge is 2.31. The number of hydrogen-bond donors (Lipinski definition) is 1. The molecule has 0 aromatic carbocycles. The third-order valence-corrected chi connectivity index (χ3v) is 5.78. The molecule has 1 saturated carbocycles. The van der Waals surface area contributed by atoms with Crippen LogP contribution in [0.1, 0.15) is 51.9 Å². The summed E-state index contributed by atoms with van der Waals surface area (Å²) in [5.41, 5.74) is 0. The van der Waals surface area contributed by atoms with E-state index in [4.69, 9.17) is 4.74 Å². The van der Waals surface area contributed by atoms with E-state index in [-0.39, 0.29) is 12.0 Å². The molecule has 0 radical (unpaired) electrons. The molecule has 2 aliphatic heterocycles. The number of nitrogens with zero attached hydrogens (tertiary/aromatic N) is 2. The lowest BCUT2D eigenvalue weighted by atomic mass is 9.92. The first-order chi connectivity index (χ1) is 11.3. The fourth-order valence-corrected chi connectivity index (χ4v) is 4.34. The van der Waals surface area contributed by atoms with Gasteiger partial charge in [0.1, 0.15) is 6.10 Å². The Morgan fingerprint density at radius 3 is 2.70 bits per heavy atom. The Kier molecular flexibility index (Phi) is 6.31. The monoisotopic (exact) mass is 323 g/mol. The van der Waals surface area contributed by atoms with Crippen molar-refractivity contribution < 1.29 is 9.53 Å². The molecule has 132 valence electrons. The molecule has 5 heteroatoms. The Morgan fingerprint density at radius 1 is 1.09 bits per heavy atom. The second-order valence-electron chi connectivity index (χ2n) is 7.39. The van der Waals surface area contributed by atoms with Crippen LogP contribution in [0.25, 0.3) is 0 Å². The number of nitrogens with one attached hydrogen (secondary N) is 1. The highest BCUT2D eigenvalue weighted by atomic mass is 16.5. The van der Waals surface area contributed by atoms with Gasteiger partial charge in [0.15, 0.2) is 0 Å². The van der Waals surface area contributed by atoms with Gasteiger partial charge >= 0.3 is 0 Å². The predicted octanol–water partition coefficient (Wildman–Crippen LogP) is 1.62. The SMILES string of the molecule is CCN1CCO[C@@H](C(=O)N[C@H]2CCCN(C3CCCCC3)C2)C1. The first-order valence-corrected chi connectivity index (χ1v) is 9.64. The number of hydrogen-bond acceptors (Lipinski definition) is 4. The molecule has 0 spiro atoms. The lowest BCUT2D eigenvalue weighted by molar-refractivity contribution is -0.139. The van der Waals surface area contributed by atoms with Crippen LogP contribution in [0.15, 0.2) is 0 Å². The molecule has 1 aliphatic carbocycles. The van der Waals surface area contributed by atoms with Gasteiger partial charge in [-0.25, -0.2) is 0 Å². The summed E-state index contributed by atoms with van der Waals surface area (Å²) in [6, 6.07) is 1.06. The van der Waals surface area contributed by atoms with Gasteiger partial charge in [-0.2, -0.15) is 0 Å². The maximum Gasteiger partial charge on any atom is 0.250 e. The van der Waals surface area contributed by atoms with Crippen molar-refractivity contribution in [1.82, 2.24) is 15.1 Å². The van der Waals surface area contributed by atoms with Gasteiger partial charge in [0, 0.05) is 31.7 Å². The van der Waals surface area contributed by atoms with Crippen LogP contribution in [0, 0.1) is 0 Å². The summed E-state index contributed by atoms with van der Waals surface area (Å²) in [7, 11) is 0. The number of carbonyl (C=O) groups is 1. The summed E-state index contributed by atoms with van der Waals surface area (Å²) in [4.78, 5) is 17.5. The van der Waals surface area contributed by atoms with Crippen molar-refractivity contribution in [3.8, 4) is 0 Å². The van der Waals surface area contributed by atoms with Crippen molar-refractivity contribution in [2.75, 3.05) is 39.3 Å². The van der Waals surface area contributed by atoms with Crippen molar-refractivity contribution in [3.63, 3.8) is 0 Å². The van der Waals surface area contributed by atoms with Gasteiger partial charge in [0.25, 0.3) is 5.91 Å². The molecular weight excluding hydrogens is 290 g/mol. The Bertz CT molecular complexity index is 384. The number of carbonyl (C=O) groups excluding carboxylic acids is 1. The Labute approximate surface area is 140 Å². The fraction of sp³-hybridized carbons (Fsp3) is 0.944. The summed E-state index contributed by atoms with van der Waals surface area (Å²) < 4.78 is 5.69.